The summed E-state index contributed by atoms with van der Waals surface area (Å²) in [5.41, 5.74) is 11.0. The number of nitrogens with zero attached hydrogens (tertiary/aromatic N) is 5. The molecule has 3 aromatic heterocycles. The number of nitrogens with two attached hydrogens (primary N) is 2. The van der Waals surface area contributed by atoms with Crippen molar-refractivity contribution in [3.63, 3.8) is 0 Å². The molecular formula is C16H16F3N7OS. The first-order valence-corrected chi connectivity index (χ1v) is 9.33. The van der Waals surface area contributed by atoms with E-state index in [0.717, 1.165) is 18.3 Å². The molecular weight excluding hydrogens is 395 g/mol. The molecule has 148 valence electrons. The van der Waals surface area contributed by atoms with Crippen molar-refractivity contribution in [2.75, 3.05) is 17.2 Å². The maximum Gasteiger partial charge on any atom is 0.416 e. The van der Waals surface area contributed by atoms with Crippen molar-refractivity contribution in [3.05, 3.63) is 30.0 Å². The smallest absolute Gasteiger partial charge is 0.396 e. The fraction of sp³-hybridized carbons (Fsp3) is 0.250. The lowest BCUT2D eigenvalue weighted by molar-refractivity contribution is -0.137. The maximum absolute atomic E-state index is 13.0. The van der Waals surface area contributed by atoms with E-state index in [2.05, 4.69) is 20.2 Å². The number of alkyl halides is 3. The van der Waals surface area contributed by atoms with E-state index in [1.807, 2.05) is 0 Å². The van der Waals surface area contributed by atoms with Gasteiger partial charge in [0, 0.05) is 19.0 Å². The van der Waals surface area contributed by atoms with Crippen LogP contribution in [0.5, 0.6) is 0 Å². The second-order valence-corrected chi connectivity index (χ2v) is 7.49. The quantitative estimate of drug-likeness (QED) is 0.674. The first-order chi connectivity index (χ1) is 13.1. The molecule has 0 radical (unpaired) electrons. The molecule has 0 aliphatic rings. The lowest BCUT2D eigenvalue weighted by atomic mass is 10.2. The molecule has 0 aliphatic heterocycles. The predicted octanol–water partition coefficient (Wildman–Crippen LogP) is 2.25. The van der Waals surface area contributed by atoms with Crippen molar-refractivity contribution >= 4 is 22.3 Å². The van der Waals surface area contributed by atoms with E-state index >= 15 is 0 Å². The minimum atomic E-state index is -4.52. The number of aromatic nitrogens is 5. The van der Waals surface area contributed by atoms with Crippen LogP contribution in [-0.4, -0.2) is 34.7 Å². The van der Waals surface area contributed by atoms with Crippen molar-refractivity contribution in [1.29, 1.82) is 0 Å². The summed E-state index contributed by atoms with van der Waals surface area (Å²) in [5.74, 6) is 0.593. The molecule has 0 aromatic carbocycles. The standard InChI is InChI=1S/C16H16F3N7OS/c1-3-28(27)11-7-9(20)13(21)23-12(11)15-25-24-14(26(15)2)10-6-8(4-5-22-10)16(17,18)19/h4-7H,3,20H2,1-2H3,(H2,21,23). The Labute approximate surface area is 160 Å². The molecule has 4 N–H and O–H groups in total. The van der Waals surface area contributed by atoms with Gasteiger partial charge in [-0.15, -0.1) is 10.2 Å². The van der Waals surface area contributed by atoms with Gasteiger partial charge in [-0.1, -0.05) is 6.92 Å². The summed E-state index contributed by atoms with van der Waals surface area (Å²) >= 11 is 0. The van der Waals surface area contributed by atoms with Crippen LogP contribution in [0.15, 0.2) is 29.3 Å². The monoisotopic (exact) mass is 411 g/mol. The zero-order chi connectivity index (χ0) is 20.6. The number of halogens is 3. The number of pyridine rings is 2. The highest BCUT2D eigenvalue weighted by Crippen LogP contribution is 2.32. The third-order valence-electron chi connectivity index (χ3n) is 3.96. The number of rotatable bonds is 4. The van der Waals surface area contributed by atoms with Crippen LogP contribution < -0.4 is 11.5 Å². The van der Waals surface area contributed by atoms with E-state index in [0.29, 0.717) is 10.6 Å². The Hall–Kier alpha value is -3.02. The molecule has 12 heteroatoms. The highest BCUT2D eigenvalue weighted by Gasteiger charge is 2.31. The molecule has 0 fully saturated rings. The van der Waals surface area contributed by atoms with Gasteiger partial charge in [-0.2, -0.15) is 13.2 Å². The van der Waals surface area contributed by atoms with E-state index in [9.17, 15) is 17.4 Å². The maximum atomic E-state index is 13.0. The summed E-state index contributed by atoms with van der Waals surface area (Å²) in [7, 11) is 0.118. The van der Waals surface area contributed by atoms with Gasteiger partial charge in [0.15, 0.2) is 11.6 Å². The van der Waals surface area contributed by atoms with Crippen LogP contribution in [0.1, 0.15) is 12.5 Å². The van der Waals surface area contributed by atoms with Crippen LogP contribution in [0.25, 0.3) is 23.0 Å². The third kappa shape index (κ3) is 3.54. The Balaban J connectivity index is 2.15. The molecule has 1 unspecified atom stereocenters. The van der Waals surface area contributed by atoms with Gasteiger partial charge in [-0.05, 0) is 18.2 Å². The second-order valence-electron chi connectivity index (χ2n) is 5.78. The Morgan fingerprint density at radius 3 is 2.50 bits per heavy atom. The summed E-state index contributed by atoms with van der Waals surface area (Å²) in [6, 6.07) is 3.20. The van der Waals surface area contributed by atoms with Gasteiger partial charge in [0.05, 0.1) is 26.9 Å². The van der Waals surface area contributed by atoms with Gasteiger partial charge in [-0.25, -0.2) is 4.98 Å². The number of hydrogen-bond donors (Lipinski definition) is 2. The van der Waals surface area contributed by atoms with E-state index < -0.39 is 22.5 Å². The SMILES string of the molecule is CCS(=O)c1cc(N)c(N)nc1-c1nnc(-c2cc(C(F)(F)F)ccn2)n1C. The normalized spacial score (nSPS) is 12.9. The Bertz CT molecular complexity index is 1060. The average Bonchev–Trinajstić information content (AvgIpc) is 3.03. The van der Waals surface area contributed by atoms with Gasteiger partial charge >= 0.3 is 6.18 Å². The van der Waals surface area contributed by atoms with Crippen LogP contribution in [0.4, 0.5) is 24.7 Å². The first kappa shape index (κ1) is 19.7. The molecule has 3 aromatic rings. The molecule has 0 spiro atoms. The predicted molar refractivity (Wildman–Crippen MR) is 98.2 cm³/mol. The van der Waals surface area contributed by atoms with Gasteiger partial charge in [0.2, 0.25) is 0 Å². The molecule has 0 saturated heterocycles. The third-order valence-corrected chi connectivity index (χ3v) is 5.28. The van der Waals surface area contributed by atoms with E-state index in [1.165, 1.54) is 10.6 Å². The summed E-state index contributed by atoms with van der Waals surface area (Å²) in [6.45, 7) is 1.72. The fourth-order valence-corrected chi connectivity index (χ4v) is 3.42. The van der Waals surface area contributed by atoms with Crippen molar-refractivity contribution in [3.8, 4) is 23.0 Å². The van der Waals surface area contributed by atoms with Crippen molar-refractivity contribution in [1.82, 2.24) is 24.7 Å². The van der Waals surface area contributed by atoms with Gasteiger partial charge in [-0.3, -0.25) is 9.19 Å². The fourth-order valence-electron chi connectivity index (χ4n) is 2.50. The van der Waals surface area contributed by atoms with Crippen molar-refractivity contribution in [2.24, 2.45) is 7.05 Å². The Morgan fingerprint density at radius 2 is 1.86 bits per heavy atom. The highest BCUT2D eigenvalue weighted by molar-refractivity contribution is 7.85. The van der Waals surface area contributed by atoms with Gasteiger partial charge < -0.3 is 16.0 Å². The number of hydrogen-bond acceptors (Lipinski definition) is 7. The van der Waals surface area contributed by atoms with E-state index in [-0.39, 0.29) is 34.5 Å². The lowest BCUT2D eigenvalue weighted by Crippen LogP contribution is -2.08. The minimum Gasteiger partial charge on any atom is -0.396 e. The van der Waals surface area contributed by atoms with Crippen LogP contribution >= 0.6 is 0 Å². The summed E-state index contributed by atoms with van der Waals surface area (Å²) in [4.78, 5) is 8.43. The van der Waals surface area contributed by atoms with Gasteiger partial charge in [0.25, 0.3) is 0 Å². The van der Waals surface area contributed by atoms with Crippen LogP contribution in [0.2, 0.25) is 0 Å². The van der Waals surface area contributed by atoms with Crippen LogP contribution in [-0.2, 0) is 24.0 Å². The summed E-state index contributed by atoms with van der Waals surface area (Å²) in [6.07, 6.45) is -3.47. The molecule has 3 heterocycles. The van der Waals surface area contributed by atoms with Crippen molar-refractivity contribution in [2.45, 2.75) is 18.0 Å². The van der Waals surface area contributed by atoms with E-state index in [1.54, 1.807) is 14.0 Å². The molecule has 3 rings (SSSR count). The molecule has 0 aliphatic carbocycles. The summed E-state index contributed by atoms with van der Waals surface area (Å²) in [5, 5.41) is 7.94. The number of anilines is 2. The average molecular weight is 411 g/mol. The van der Waals surface area contributed by atoms with Crippen molar-refractivity contribution < 1.29 is 17.4 Å². The molecule has 0 amide bonds. The topological polar surface area (TPSA) is 126 Å². The minimum absolute atomic E-state index is 0.0161. The largest absolute Gasteiger partial charge is 0.416 e. The lowest BCUT2D eigenvalue weighted by Gasteiger charge is -2.11. The zero-order valence-electron chi connectivity index (χ0n) is 14.9. The molecule has 0 saturated carbocycles. The van der Waals surface area contributed by atoms with Gasteiger partial charge in [0.1, 0.15) is 17.2 Å². The Morgan fingerprint density at radius 1 is 1.18 bits per heavy atom. The highest BCUT2D eigenvalue weighted by atomic mass is 32.2. The summed E-state index contributed by atoms with van der Waals surface area (Å²) < 4.78 is 52.7. The van der Waals surface area contributed by atoms with E-state index in [4.69, 9.17) is 11.5 Å². The molecule has 28 heavy (non-hydrogen) atoms. The first-order valence-electron chi connectivity index (χ1n) is 8.01. The Kier molecular flexibility index (Phi) is 5.06. The number of nitrogen functional groups attached to an aromatic ring is 2. The second kappa shape index (κ2) is 7.19. The van der Waals surface area contributed by atoms with Crippen LogP contribution in [0.3, 0.4) is 0 Å². The molecule has 8 nitrogen and oxygen atoms in total. The zero-order valence-corrected chi connectivity index (χ0v) is 15.7. The van der Waals surface area contributed by atoms with Crippen LogP contribution in [0, 0.1) is 0 Å². The molecule has 0 bridgehead atoms. The molecule has 1 atom stereocenters.